The molecule has 2 rings (SSSR count). The van der Waals surface area contributed by atoms with Crippen LogP contribution >= 0.6 is 27.3 Å². The number of sulfonamides is 1. The van der Waals surface area contributed by atoms with Gasteiger partial charge in [0.1, 0.15) is 0 Å². The van der Waals surface area contributed by atoms with Gasteiger partial charge in [0.2, 0.25) is 10.0 Å². The summed E-state index contributed by atoms with van der Waals surface area (Å²) in [5.41, 5.74) is 6.63. The summed E-state index contributed by atoms with van der Waals surface area (Å²) in [7, 11) is -3.75. The molecular formula is C11H12BrN3O2S2. The number of hydrogen-bond acceptors (Lipinski definition) is 5. The van der Waals surface area contributed by atoms with Gasteiger partial charge in [-0.1, -0.05) is 0 Å². The number of rotatable bonds is 4. The standard InChI is InChI=1S/C11H12BrN3O2S2/c12-10-1-2-18-11(10)6-15-8-3-7(13)4-9(5-8)19(14,16)17/h1-5,15H,6,13H2,(H2,14,16,17). The number of primary sulfonamides is 1. The summed E-state index contributed by atoms with van der Waals surface area (Å²) in [4.78, 5) is 1.11. The van der Waals surface area contributed by atoms with Crippen LogP contribution in [-0.4, -0.2) is 8.42 Å². The molecule has 0 unspecified atom stereocenters. The van der Waals surface area contributed by atoms with E-state index >= 15 is 0 Å². The molecule has 19 heavy (non-hydrogen) atoms. The fraction of sp³-hybridized carbons (Fsp3) is 0.0909. The summed E-state index contributed by atoms with van der Waals surface area (Å²) in [5.74, 6) is 0. The van der Waals surface area contributed by atoms with Crippen molar-refractivity contribution in [1.29, 1.82) is 0 Å². The molecule has 0 atom stereocenters. The van der Waals surface area contributed by atoms with Crippen molar-refractivity contribution in [2.24, 2.45) is 5.14 Å². The van der Waals surface area contributed by atoms with Crippen molar-refractivity contribution in [1.82, 2.24) is 0 Å². The molecule has 0 saturated heterocycles. The molecule has 1 aromatic heterocycles. The largest absolute Gasteiger partial charge is 0.399 e. The van der Waals surface area contributed by atoms with Crippen LogP contribution in [0.25, 0.3) is 0 Å². The summed E-state index contributed by atoms with van der Waals surface area (Å²) >= 11 is 5.03. The SMILES string of the molecule is Nc1cc(NCc2sccc2Br)cc(S(N)(=O)=O)c1. The van der Waals surface area contributed by atoms with Crippen molar-refractivity contribution in [2.75, 3.05) is 11.1 Å². The first-order valence-corrected chi connectivity index (χ1v) is 8.47. The Balaban J connectivity index is 2.22. The molecule has 0 fully saturated rings. The molecule has 0 spiro atoms. The third kappa shape index (κ3) is 3.69. The highest BCUT2D eigenvalue weighted by Crippen LogP contribution is 2.25. The number of nitrogens with two attached hydrogens (primary N) is 2. The van der Waals surface area contributed by atoms with Crippen molar-refractivity contribution in [3.8, 4) is 0 Å². The average molecular weight is 362 g/mol. The molecular weight excluding hydrogens is 350 g/mol. The molecule has 1 aromatic carbocycles. The van der Waals surface area contributed by atoms with Gasteiger partial charge in [0.05, 0.1) is 11.4 Å². The number of anilines is 2. The van der Waals surface area contributed by atoms with Gasteiger partial charge >= 0.3 is 0 Å². The predicted molar refractivity (Wildman–Crippen MR) is 81.6 cm³/mol. The molecule has 0 amide bonds. The van der Waals surface area contributed by atoms with Gasteiger partial charge < -0.3 is 11.1 Å². The van der Waals surface area contributed by atoms with Crippen LogP contribution in [0, 0.1) is 0 Å². The van der Waals surface area contributed by atoms with E-state index in [1.54, 1.807) is 17.4 Å². The summed E-state index contributed by atoms with van der Waals surface area (Å²) in [6.07, 6.45) is 0. The summed E-state index contributed by atoms with van der Waals surface area (Å²) in [6, 6.07) is 6.42. The number of thiophene rings is 1. The second-order valence-corrected chi connectivity index (χ2v) is 7.30. The number of nitrogens with one attached hydrogen (secondary N) is 1. The second-order valence-electron chi connectivity index (χ2n) is 3.88. The summed E-state index contributed by atoms with van der Waals surface area (Å²) < 4.78 is 23.6. The lowest BCUT2D eigenvalue weighted by atomic mass is 10.3. The van der Waals surface area contributed by atoms with Crippen LogP contribution in [0.2, 0.25) is 0 Å². The van der Waals surface area contributed by atoms with E-state index in [9.17, 15) is 8.42 Å². The zero-order chi connectivity index (χ0) is 14.0. The smallest absolute Gasteiger partial charge is 0.238 e. The monoisotopic (exact) mass is 361 g/mol. The molecule has 1 heterocycles. The van der Waals surface area contributed by atoms with Gasteiger partial charge in [0.15, 0.2) is 0 Å². The normalized spacial score (nSPS) is 11.5. The van der Waals surface area contributed by atoms with Gasteiger partial charge in [-0.05, 0) is 45.6 Å². The van der Waals surface area contributed by atoms with Crippen molar-refractivity contribution < 1.29 is 8.42 Å². The maximum Gasteiger partial charge on any atom is 0.238 e. The van der Waals surface area contributed by atoms with Gasteiger partial charge in [0.25, 0.3) is 0 Å². The third-order valence-electron chi connectivity index (χ3n) is 2.40. The predicted octanol–water partition coefficient (Wildman–Crippen LogP) is 2.35. The average Bonchev–Trinajstić information content (AvgIpc) is 2.70. The fourth-order valence-corrected chi connectivity index (χ4v) is 3.55. The van der Waals surface area contributed by atoms with Crippen LogP contribution in [0.5, 0.6) is 0 Å². The fourth-order valence-electron chi connectivity index (χ4n) is 1.52. The summed E-state index contributed by atoms with van der Waals surface area (Å²) in [5, 5.41) is 10.2. The molecule has 2 aromatic rings. The molecule has 5 nitrogen and oxygen atoms in total. The second kappa shape index (κ2) is 5.49. The highest BCUT2D eigenvalue weighted by molar-refractivity contribution is 9.10. The van der Waals surface area contributed by atoms with Crippen molar-refractivity contribution >= 4 is 48.7 Å². The Hall–Kier alpha value is -1.09. The Bertz CT molecular complexity index is 698. The molecule has 0 aliphatic heterocycles. The van der Waals surface area contributed by atoms with Crippen LogP contribution in [0.1, 0.15) is 4.88 Å². The van der Waals surface area contributed by atoms with Gasteiger partial charge in [-0.25, -0.2) is 13.6 Å². The molecule has 8 heteroatoms. The first kappa shape index (κ1) is 14.3. The Kier molecular flexibility index (Phi) is 4.14. The summed E-state index contributed by atoms with van der Waals surface area (Å²) in [6.45, 7) is 0.575. The zero-order valence-electron chi connectivity index (χ0n) is 9.76. The first-order chi connectivity index (χ1) is 8.86. The van der Waals surface area contributed by atoms with Crippen LogP contribution < -0.4 is 16.2 Å². The van der Waals surface area contributed by atoms with Crippen LogP contribution in [0.3, 0.4) is 0 Å². The number of hydrogen-bond donors (Lipinski definition) is 3. The number of halogens is 1. The molecule has 0 bridgehead atoms. The molecule has 5 N–H and O–H groups in total. The van der Waals surface area contributed by atoms with E-state index < -0.39 is 10.0 Å². The minimum atomic E-state index is -3.75. The maximum absolute atomic E-state index is 11.3. The lowest BCUT2D eigenvalue weighted by Crippen LogP contribution is -2.13. The van der Waals surface area contributed by atoms with Gasteiger partial charge in [-0.2, -0.15) is 0 Å². The molecule has 0 aliphatic carbocycles. The Morgan fingerprint density at radius 2 is 2.05 bits per heavy atom. The van der Waals surface area contributed by atoms with Crippen LogP contribution in [-0.2, 0) is 16.6 Å². The quantitative estimate of drug-likeness (QED) is 0.727. The third-order valence-corrected chi connectivity index (χ3v) is 5.22. The van der Waals surface area contributed by atoms with E-state index in [1.807, 2.05) is 11.4 Å². The zero-order valence-corrected chi connectivity index (χ0v) is 13.0. The topological polar surface area (TPSA) is 98.2 Å². The Labute approximate surface area is 123 Å². The number of nitrogen functional groups attached to an aromatic ring is 1. The van der Waals surface area contributed by atoms with Crippen molar-refractivity contribution in [2.45, 2.75) is 11.4 Å². The maximum atomic E-state index is 11.3. The van der Waals surface area contributed by atoms with Crippen LogP contribution in [0.15, 0.2) is 39.0 Å². The highest BCUT2D eigenvalue weighted by atomic mass is 79.9. The van der Waals surface area contributed by atoms with Crippen molar-refractivity contribution in [3.63, 3.8) is 0 Å². The minimum Gasteiger partial charge on any atom is -0.399 e. The lowest BCUT2D eigenvalue weighted by Gasteiger charge is -2.08. The van der Waals surface area contributed by atoms with Gasteiger partial charge in [0, 0.05) is 20.7 Å². The molecule has 0 aliphatic rings. The Morgan fingerprint density at radius 3 is 2.63 bits per heavy atom. The van der Waals surface area contributed by atoms with Crippen LogP contribution in [0.4, 0.5) is 11.4 Å². The Morgan fingerprint density at radius 1 is 1.32 bits per heavy atom. The lowest BCUT2D eigenvalue weighted by molar-refractivity contribution is 0.598. The van der Waals surface area contributed by atoms with E-state index in [2.05, 4.69) is 21.2 Å². The van der Waals surface area contributed by atoms with E-state index in [1.165, 1.54) is 12.1 Å². The highest BCUT2D eigenvalue weighted by Gasteiger charge is 2.10. The first-order valence-electron chi connectivity index (χ1n) is 5.25. The van der Waals surface area contributed by atoms with Gasteiger partial charge in [-0.3, -0.25) is 0 Å². The van der Waals surface area contributed by atoms with Gasteiger partial charge in [-0.15, -0.1) is 11.3 Å². The molecule has 102 valence electrons. The van der Waals surface area contributed by atoms with E-state index in [0.717, 1.165) is 9.35 Å². The molecule has 0 radical (unpaired) electrons. The van der Waals surface area contributed by atoms with E-state index in [-0.39, 0.29) is 4.90 Å². The van der Waals surface area contributed by atoms with E-state index in [4.69, 9.17) is 10.9 Å². The molecule has 0 saturated carbocycles. The van der Waals surface area contributed by atoms with E-state index in [0.29, 0.717) is 17.9 Å². The number of benzene rings is 1. The van der Waals surface area contributed by atoms with Crippen molar-refractivity contribution in [3.05, 3.63) is 39.0 Å². The minimum absolute atomic E-state index is 0.000227.